The molecule has 9 aromatic carbocycles. The fourth-order valence-corrected chi connectivity index (χ4v) is 11.1. The molecule has 30 N–H and O–H groups in total. The molecule has 0 saturated carbocycles. The van der Waals surface area contributed by atoms with Crippen molar-refractivity contribution in [3.8, 4) is 194 Å². The molecule has 0 spiro atoms. The van der Waals surface area contributed by atoms with Crippen LogP contribution in [0.25, 0.3) is 98.8 Å². The topological polar surface area (TPSA) is 591 Å². The normalized spacial score (nSPS) is 12.9. The highest BCUT2D eigenvalue weighted by Crippen LogP contribution is 2.71. The lowest BCUT2D eigenvalue weighted by Crippen LogP contribution is -2.45. The number of fused-ring (bicyclic) bond motifs is 9. The van der Waals surface area contributed by atoms with Gasteiger partial charge in [0.15, 0.2) is 103 Å². The Morgan fingerprint density at radius 3 is 0.975 bits per heavy atom. The molecule has 11 rings (SSSR count). The summed E-state index contributed by atoms with van der Waals surface area (Å²) in [7, 11) is 0. The number of phenols is 26. The summed E-state index contributed by atoms with van der Waals surface area (Å²) < 4.78 is 5.70. The summed E-state index contributed by atoms with van der Waals surface area (Å²) in [4.78, 5) is 0. The number of furan rings is 1. The van der Waals surface area contributed by atoms with E-state index in [1.54, 1.807) is 0 Å². The standard InChI is InChI=1S/C51H36N2O27/c1-3-5-7(11-12-20-26(57)17-19(37(68)45(76)44(75)36(17)67)38(69)50(20)80-49(12)48(79)46(77)29(11)60)6-4(2)24(55)42(73)28(59)10(6)8(9(5)27(58)41(72)23(3)54)15-31(62)33(64)18(34(65)32(15)63)16-25(56)13-14-22(40(71)47(78)43(74)30(14)61)51(52,53)21(13)39(70)35(16)66/h54-79H,52-53H2,1-2H3. The van der Waals surface area contributed by atoms with Crippen molar-refractivity contribution in [2.45, 2.75) is 19.5 Å². The van der Waals surface area contributed by atoms with E-state index in [4.69, 9.17) is 15.9 Å². The summed E-state index contributed by atoms with van der Waals surface area (Å²) in [6.07, 6.45) is 0. The lowest BCUT2D eigenvalue weighted by atomic mass is 9.79. The van der Waals surface area contributed by atoms with E-state index in [2.05, 4.69) is 0 Å². The summed E-state index contributed by atoms with van der Waals surface area (Å²) in [5, 5.41) is 289. The molecular formula is C51H36N2O27. The number of hydrogen-bond acceptors (Lipinski definition) is 29. The maximum Gasteiger partial charge on any atom is 0.205 e. The first-order valence-electron chi connectivity index (χ1n) is 22.3. The van der Waals surface area contributed by atoms with E-state index in [0.29, 0.717) is 0 Å². The van der Waals surface area contributed by atoms with E-state index in [1.165, 1.54) is 0 Å². The first-order valence-corrected chi connectivity index (χ1v) is 22.3. The molecule has 1 aliphatic rings. The molecule has 0 radical (unpaired) electrons. The Morgan fingerprint density at radius 2 is 0.500 bits per heavy atom. The number of phenolic OH excluding ortho intramolecular Hbond substituents is 26. The molecule has 10 aromatic rings. The zero-order valence-corrected chi connectivity index (χ0v) is 39.7. The van der Waals surface area contributed by atoms with Gasteiger partial charge >= 0.3 is 0 Å². The number of hydrogen-bond donors (Lipinski definition) is 28. The molecule has 0 amide bonds. The summed E-state index contributed by atoms with van der Waals surface area (Å²) in [5.74, 6) is -38.8. The van der Waals surface area contributed by atoms with Gasteiger partial charge in [0.05, 0.1) is 32.8 Å². The van der Waals surface area contributed by atoms with E-state index in [9.17, 15) is 133 Å². The Hall–Kier alpha value is -11.7. The third kappa shape index (κ3) is 5.42. The van der Waals surface area contributed by atoms with Crippen molar-refractivity contribution >= 4 is 54.3 Å². The van der Waals surface area contributed by atoms with Gasteiger partial charge in [-0.05, 0) is 13.8 Å². The highest BCUT2D eigenvalue weighted by molar-refractivity contribution is 6.34. The Kier molecular flexibility index (Phi) is 9.61. The molecule has 1 aromatic heterocycles. The van der Waals surface area contributed by atoms with Crippen LogP contribution in [-0.2, 0) is 5.66 Å². The van der Waals surface area contributed by atoms with Gasteiger partial charge < -0.3 is 149 Å². The first kappa shape index (κ1) is 50.4. The van der Waals surface area contributed by atoms with Crippen LogP contribution >= 0.6 is 0 Å². The van der Waals surface area contributed by atoms with Gasteiger partial charge in [0.1, 0.15) is 17.2 Å². The Labute approximate surface area is 437 Å². The zero-order valence-electron chi connectivity index (χ0n) is 39.7. The van der Waals surface area contributed by atoms with Crippen molar-refractivity contribution in [1.82, 2.24) is 0 Å². The van der Waals surface area contributed by atoms with E-state index >= 15 is 0 Å². The molecule has 0 aliphatic heterocycles. The van der Waals surface area contributed by atoms with Gasteiger partial charge in [0, 0.05) is 77.0 Å². The number of rotatable bonds is 3. The minimum atomic E-state index is -2.80. The molecule has 1 heterocycles. The van der Waals surface area contributed by atoms with Gasteiger partial charge in [0.25, 0.3) is 0 Å². The number of benzene rings is 9. The minimum absolute atomic E-state index is 0.689. The van der Waals surface area contributed by atoms with Gasteiger partial charge in [-0.15, -0.1) is 0 Å². The second-order valence-electron chi connectivity index (χ2n) is 18.7. The van der Waals surface area contributed by atoms with Gasteiger partial charge in [-0.25, -0.2) is 0 Å². The molecule has 412 valence electrons. The van der Waals surface area contributed by atoms with Crippen molar-refractivity contribution in [2.24, 2.45) is 11.5 Å². The second kappa shape index (κ2) is 15.2. The molecule has 0 fully saturated rings. The predicted octanol–water partition coefficient (Wildman–Crippen LogP) is 5.11. The summed E-state index contributed by atoms with van der Waals surface area (Å²) in [5.41, 5.74) is -5.05. The van der Waals surface area contributed by atoms with Crippen LogP contribution in [0.3, 0.4) is 0 Å². The first-order chi connectivity index (χ1) is 37.2. The number of nitrogens with two attached hydrogens (primary N) is 2. The monoisotopic (exact) mass is 1110 g/mol. The lowest BCUT2D eigenvalue weighted by molar-refractivity contribution is 0.339. The van der Waals surface area contributed by atoms with Crippen molar-refractivity contribution in [3.63, 3.8) is 0 Å². The molecule has 80 heavy (non-hydrogen) atoms. The summed E-state index contributed by atoms with van der Waals surface area (Å²) in [6, 6.07) is 0. The third-order valence-electron chi connectivity index (χ3n) is 14.8. The van der Waals surface area contributed by atoms with E-state index < -0.39 is 276 Å². The molecule has 0 atom stereocenters. The second-order valence-corrected chi connectivity index (χ2v) is 18.7. The van der Waals surface area contributed by atoms with Crippen LogP contribution in [0.4, 0.5) is 0 Å². The van der Waals surface area contributed by atoms with Gasteiger partial charge in [0.2, 0.25) is 46.0 Å². The predicted molar refractivity (Wildman–Crippen MR) is 270 cm³/mol. The average Bonchev–Trinajstić information content (AvgIpc) is 3.13. The van der Waals surface area contributed by atoms with Crippen molar-refractivity contribution in [3.05, 3.63) is 22.3 Å². The molecule has 1 aliphatic carbocycles. The fourth-order valence-electron chi connectivity index (χ4n) is 11.1. The molecule has 0 bridgehead atoms. The lowest BCUT2D eigenvalue weighted by Gasteiger charge is -2.26. The van der Waals surface area contributed by atoms with Crippen molar-refractivity contribution < 1.29 is 137 Å². The van der Waals surface area contributed by atoms with E-state index in [1.807, 2.05) is 0 Å². The molecular weight excluding hydrogens is 1070 g/mol. The highest BCUT2D eigenvalue weighted by Gasteiger charge is 2.50. The molecule has 0 unspecified atom stereocenters. The number of aryl methyl sites for hydroxylation is 2. The molecule has 0 saturated heterocycles. The van der Waals surface area contributed by atoms with Crippen LogP contribution in [0.1, 0.15) is 22.3 Å². The summed E-state index contributed by atoms with van der Waals surface area (Å²) >= 11 is 0. The fraction of sp³-hybridized carbons (Fsp3) is 0.0588. The van der Waals surface area contributed by atoms with E-state index in [-0.39, 0.29) is 0 Å². The van der Waals surface area contributed by atoms with Crippen LogP contribution in [0.15, 0.2) is 4.42 Å². The zero-order chi connectivity index (χ0) is 58.9. The van der Waals surface area contributed by atoms with Gasteiger partial charge in [-0.1, -0.05) is 0 Å². The Balaban J connectivity index is 1.36. The smallest absolute Gasteiger partial charge is 0.205 e. The van der Waals surface area contributed by atoms with Crippen LogP contribution in [0.5, 0.6) is 149 Å². The highest BCUT2D eigenvalue weighted by atomic mass is 16.4. The maximum atomic E-state index is 12.2. The van der Waals surface area contributed by atoms with Crippen LogP contribution < -0.4 is 11.5 Å². The molecule has 29 heteroatoms. The van der Waals surface area contributed by atoms with Crippen LogP contribution in [0, 0.1) is 13.8 Å². The Bertz CT molecular complexity index is 4600. The quantitative estimate of drug-likeness (QED) is 0.0473. The third-order valence-corrected chi connectivity index (χ3v) is 14.8. The van der Waals surface area contributed by atoms with Crippen LogP contribution in [0.2, 0.25) is 0 Å². The SMILES string of the molecule is Cc1c(O)c(O)c(O)c2c(-c3c(O)c(O)c(-c4c(O)c(O)c5c(c4O)-c4c(O)c(O)c(O)c(O)c4C5(N)N)c(O)c3O)c3c(O)c(O)c(O)c(C)c3c(-c3c(O)c(O)c(O)c4oc5c(O)c6c(O)c(O)c(O)c(O)c6c(O)c5c34)c12. The van der Waals surface area contributed by atoms with Gasteiger partial charge in [-0.3, -0.25) is 0 Å². The largest absolute Gasteiger partial charge is 0.506 e. The van der Waals surface area contributed by atoms with Crippen LogP contribution in [-0.4, -0.2) is 133 Å². The molecule has 29 nitrogen and oxygen atoms in total. The Morgan fingerprint density at radius 1 is 0.212 bits per heavy atom. The average molecular weight is 1110 g/mol. The maximum absolute atomic E-state index is 12.2. The number of aromatic hydroxyl groups is 26. The van der Waals surface area contributed by atoms with E-state index in [0.717, 1.165) is 13.8 Å². The van der Waals surface area contributed by atoms with Gasteiger partial charge in [-0.2, -0.15) is 0 Å². The summed E-state index contributed by atoms with van der Waals surface area (Å²) in [6.45, 7) is 1.91. The van der Waals surface area contributed by atoms with Crippen molar-refractivity contribution in [2.75, 3.05) is 0 Å². The minimum Gasteiger partial charge on any atom is -0.506 e. The van der Waals surface area contributed by atoms with Crippen molar-refractivity contribution in [1.29, 1.82) is 0 Å².